The minimum atomic E-state index is 0.125. The number of aryl methyl sites for hydroxylation is 2. The van der Waals surface area contributed by atoms with Crippen LogP contribution in [0.15, 0.2) is 23.2 Å². The highest BCUT2D eigenvalue weighted by Gasteiger charge is 2.00. The summed E-state index contributed by atoms with van der Waals surface area (Å²) in [5.41, 5.74) is 9.15. The predicted molar refractivity (Wildman–Crippen MR) is 72.3 cm³/mol. The van der Waals surface area contributed by atoms with Crippen molar-refractivity contribution in [3.05, 3.63) is 29.3 Å². The van der Waals surface area contributed by atoms with Gasteiger partial charge in [-0.25, -0.2) is 0 Å². The van der Waals surface area contributed by atoms with E-state index in [0.717, 1.165) is 5.69 Å². The van der Waals surface area contributed by atoms with Crippen molar-refractivity contribution in [2.75, 3.05) is 18.5 Å². The molecule has 17 heavy (non-hydrogen) atoms. The first-order valence-corrected chi connectivity index (χ1v) is 5.78. The third-order valence-electron chi connectivity index (χ3n) is 2.66. The number of benzene rings is 1. The zero-order chi connectivity index (χ0) is 12.8. The summed E-state index contributed by atoms with van der Waals surface area (Å²) in [6.07, 6.45) is 0. The minimum absolute atomic E-state index is 0.125. The highest BCUT2D eigenvalue weighted by molar-refractivity contribution is 5.92. The number of rotatable bonds is 4. The highest BCUT2D eigenvalue weighted by Crippen LogP contribution is 2.13. The lowest BCUT2D eigenvalue weighted by molar-refractivity contribution is 0.242. The SMILES string of the molecule is Cc1ccc(NC(N)=NCC(C)CO)cc1C. The van der Waals surface area contributed by atoms with E-state index >= 15 is 0 Å². The van der Waals surface area contributed by atoms with E-state index in [-0.39, 0.29) is 12.5 Å². The zero-order valence-corrected chi connectivity index (χ0v) is 10.7. The van der Waals surface area contributed by atoms with Crippen molar-refractivity contribution in [2.45, 2.75) is 20.8 Å². The van der Waals surface area contributed by atoms with Crippen molar-refractivity contribution in [3.63, 3.8) is 0 Å². The van der Waals surface area contributed by atoms with Gasteiger partial charge in [-0.15, -0.1) is 0 Å². The van der Waals surface area contributed by atoms with Gasteiger partial charge in [0.25, 0.3) is 0 Å². The van der Waals surface area contributed by atoms with Gasteiger partial charge in [0.15, 0.2) is 5.96 Å². The summed E-state index contributed by atoms with van der Waals surface area (Å²) >= 11 is 0. The van der Waals surface area contributed by atoms with Crippen molar-refractivity contribution < 1.29 is 5.11 Å². The van der Waals surface area contributed by atoms with Crippen LogP contribution in [-0.4, -0.2) is 24.2 Å². The summed E-state index contributed by atoms with van der Waals surface area (Å²) in [7, 11) is 0. The number of nitrogens with two attached hydrogens (primary N) is 1. The van der Waals surface area contributed by atoms with Crippen LogP contribution in [0.4, 0.5) is 5.69 Å². The molecule has 0 bridgehead atoms. The molecule has 0 heterocycles. The van der Waals surface area contributed by atoms with Crippen LogP contribution in [0.3, 0.4) is 0 Å². The number of nitrogens with one attached hydrogen (secondary N) is 1. The second kappa shape index (κ2) is 6.25. The first-order chi connectivity index (χ1) is 8.02. The summed E-state index contributed by atoms with van der Waals surface area (Å²) < 4.78 is 0. The Bertz CT molecular complexity index is 402. The second-order valence-electron chi connectivity index (χ2n) is 4.44. The number of hydrogen-bond acceptors (Lipinski definition) is 2. The Morgan fingerprint density at radius 2 is 2.12 bits per heavy atom. The molecular weight excluding hydrogens is 214 g/mol. The molecule has 4 heteroatoms. The van der Waals surface area contributed by atoms with E-state index in [1.165, 1.54) is 11.1 Å². The third kappa shape index (κ3) is 4.44. The van der Waals surface area contributed by atoms with E-state index in [9.17, 15) is 0 Å². The number of hydrogen-bond donors (Lipinski definition) is 3. The molecule has 1 unspecified atom stereocenters. The molecule has 0 spiro atoms. The van der Waals surface area contributed by atoms with Crippen LogP contribution in [0.25, 0.3) is 0 Å². The smallest absolute Gasteiger partial charge is 0.193 e. The number of aliphatic imine (C=N–C) groups is 1. The quantitative estimate of drug-likeness (QED) is 0.549. The number of anilines is 1. The Kier molecular flexibility index (Phi) is 4.97. The van der Waals surface area contributed by atoms with Gasteiger partial charge in [-0.2, -0.15) is 0 Å². The molecule has 1 rings (SSSR count). The average Bonchev–Trinajstić information content (AvgIpc) is 2.31. The van der Waals surface area contributed by atoms with E-state index in [4.69, 9.17) is 10.8 Å². The van der Waals surface area contributed by atoms with E-state index in [1.807, 2.05) is 25.1 Å². The lowest BCUT2D eigenvalue weighted by atomic mass is 10.1. The van der Waals surface area contributed by atoms with Gasteiger partial charge in [0.1, 0.15) is 0 Å². The average molecular weight is 235 g/mol. The van der Waals surface area contributed by atoms with E-state index in [1.54, 1.807) is 0 Å². The van der Waals surface area contributed by atoms with Crippen molar-refractivity contribution in [3.8, 4) is 0 Å². The molecule has 1 aromatic rings. The van der Waals surface area contributed by atoms with E-state index < -0.39 is 0 Å². The van der Waals surface area contributed by atoms with Gasteiger partial charge in [0.2, 0.25) is 0 Å². The fourth-order valence-corrected chi connectivity index (χ4v) is 1.32. The maximum absolute atomic E-state index is 8.87. The zero-order valence-electron chi connectivity index (χ0n) is 10.7. The number of aliphatic hydroxyl groups is 1. The van der Waals surface area contributed by atoms with Crippen molar-refractivity contribution in [1.29, 1.82) is 0 Å². The van der Waals surface area contributed by atoms with Crippen molar-refractivity contribution in [1.82, 2.24) is 0 Å². The van der Waals surface area contributed by atoms with Gasteiger partial charge in [-0.1, -0.05) is 13.0 Å². The molecule has 0 aromatic heterocycles. The fourth-order valence-electron chi connectivity index (χ4n) is 1.32. The molecule has 0 fully saturated rings. The molecule has 0 aliphatic carbocycles. The summed E-state index contributed by atoms with van der Waals surface area (Å²) in [5, 5.41) is 11.9. The maximum Gasteiger partial charge on any atom is 0.193 e. The fraction of sp³-hybridized carbons (Fsp3) is 0.462. The molecule has 4 nitrogen and oxygen atoms in total. The standard InChI is InChI=1S/C13H21N3O/c1-9(8-17)7-15-13(14)16-12-5-4-10(2)11(3)6-12/h4-6,9,17H,7-8H2,1-3H3,(H3,14,15,16). The van der Waals surface area contributed by atoms with Gasteiger partial charge >= 0.3 is 0 Å². The Labute approximate surface area is 103 Å². The maximum atomic E-state index is 8.87. The van der Waals surface area contributed by atoms with Gasteiger partial charge in [-0.05, 0) is 43.0 Å². The molecule has 0 saturated heterocycles. The molecule has 0 amide bonds. The molecule has 1 aromatic carbocycles. The van der Waals surface area contributed by atoms with Gasteiger partial charge in [0, 0.05) is 18.8 Å². The van der Waals surface area contributed by atoms with Crippen molar-refractivity contribution in [2.24, 2.45) is 16.6 Å². The summed E-state index contributed by atoms with van der Waals surface area (Å²) in [6.45, 7) is 6.70. The molecule has 4 N–H and O–H groups in total. The van der Waals surface area contributed by atoms with Crippen LogP contribution < -0.4 is 11.1 Å². The Morgan fingerprint density at radius 3 is 2.71 bits per heavy atom. The van der Waals surface area contributed by atoms with E-state index in [2.05, 4.69) is 24.2 Å². The predicted octanol–water partition coefficient (Wildman–Crippen LogP) is 1.66. The molecule has 0 aliphatic heterocycles. The molecule has 0 radical (unpaired) electrons. The van der Waals surface area contributed by atoms with Crippen LogP contribution in [-0.2, 0) is 0 Å². The number of aliphatic hydroxyl groups excluding tert-OH is 1. The topological polar surface area (TPSA) is 70.6 Å². The van der Waals surface area contributed by atoms with Crippen LogP contribution >= 0.6 is 0 Å². The number of nitrogens with zero attached hydrogens (tertiary/aromatic N) is 1. The summed E-state index contributed by atoms with van der Waals surface area (Å²) in [4.78, 5) is 4.17. The molecule has 0 saturated carbocycles. The third-order valence-corrected chi connectivity index (χ3v) is 2.66. The Hall–Kier alpha value is -1.55. The van der Waals surface area contributed by atoms with Crippen LogP contribution in [0.5, 0.6) is 0 Å². The van der Waals surface area contributed by atoms with Crippen LogP contribution in [0, 0.1) is 19.8 Å². The first kappa shape index (κ1) is 13.5. The molecular formula is C13H21N3O. The minimum Gasteiger partial charge on any atom is -0.396 e. The van der Waals surface area contributed by atoms with Crippen LogP contribution in [0.1, 0.15) is 18.1 Å². The number of guanidine groups is 1. The largest absolute Gasteiger partial charge is 0.396 e. The van der Waals surface area contributed by atoms with Crippen molar-refractivity contribution >= 4 is 11.6 Å². The van der Waals surface area contributed by atoms with Gasteiger partial charge in [-0.3, -0.25) is 4.99 Å². The first-order valence-electron chi connectivity index (χ1n) is 5.78. The second-order valence-corrected chi connectivity index (χ2v) is 4.44. The van der Waals surface area contributed by atoms with E-state index in [0.29, 0.717) is 12.5 Å². The lowest BCUT2D eigenvalue weighted by Crippen LogP contribution is -2.24. The highest BCUT2D eigenvalue weighted by atomic mass is 16.3. The Balaban J connectivity index is 2.61. The Morgan fingerprint density at radius 1 is 1.41 bits per heavy atom. The van der Waals surface area contributed by atoms with Gasteiger partial charge < -0.3 is 16.2 Å². The normalized spacial score (nSPS) is 13.5. The summed E-state index contributed by atoms with van der Waals surface area (Å²) in [6, 6.07) is 6.05. The molecule has 1 atom stereocenters. The van der Waals surface area contributed by atoms with Crippen LogP contribution in [0.2, 0.25) is 0 Å². The molecule has 0 aliphatic rings. The van der Waals surface area contributed by atoms with Gasteiger partial charge in [0.05, 0.1) is 0 Å². The monoisotopic (exact) mass is 235 g/mol. The summed E-state index contributed by atoms with van der Waals surface area (Å²) in [5.74, 6) is 0.517. The molecule has 94 valence electrons. The lowest BCUT2D eigenvalue weighted by Gasteiger charge is -2.09.